The zero-order chi connectivity index (χ0) is 20.6. The van der Waals surface area contributed by atoms with Crippen LogP contribution in [-0.4, -0.2) is 36.2 Å². The molecule has 2 aromatic carbocycles. The van der Waals surface area contributed by atoms with Crippen LogP contribution in [0.4, 0.5) is 4.39 Å². The van der Waals surface area contributed by atoms with Gasteiger partial charge in [0, 0.05) is 32.5 Å². The van der Waals surface area contributed by atoms with E-state index in [1.54, 1.807) is 37.2 Å². The van der Waals surface area contributed by atoms with Crippen molar-refractivity contribution in [3.8, 4) is 11.4 Å². The van der Waals surface area contributed by atoms with E-state index in [1.807, 2.05) is 37.3 Å². The molecule has 0 amide bonds. The number of rotatable bonds is 7. The van der Waals surface area contributed by atoms with E-state index in [-0.39, 0.29) is 5.82 Å². The Morgan fingerprint density at radius 1 is 1.14 bits per heavy atom. The molecule has 0 atom stereocenters. The lowest BCUT2D eigenvalue weighted by Gasteiger charge is -2.13. The maximum Gasteiger partial charge on any atom is 0.191 e. The molecule has 7 heteroatoms. The third kappa shape index (κ3) is 5.34. The van der Waals surface area contributed by atoms with Crippen molar-refractivity contribution < 1.29 is 9.13 Å². The minimum atomic E-state index is -0.284. The molecule has 0 spiro atoms. The van der Waals surface area contributed by atoms with Gasteiger partial charge >= 0.3 is 0 Å². The fraction of sp³-hybridized carbons (Fsp3) is 0.273. The quantitative estimate of drug-likeness (QED) is 0.476. The van der Waals surface area contributed by atoms with Crippen LogP contribution >= 0.6 is 0 Å². The summed E-state index contributed by atoms with van der Waals surface area (Å²) >= 11 is 0. The molecule has 1 aromatic heterocycles. The van der Waals surface area contributed by atoms with Gasteiger partial charge in [0.2, 0.25) is 0 Å². The summed E-state index contributed by atoms with van der Waals surface area (Å²) < 4.78 is 21.4. The van der Waals surface area contributed by atoms with Gasteiger partial charge < -0.3 is 19.9 Å². The third-order valence-corrected chi connectivity index (χ3v) is 4.65. The number of nitrogens with one attached hydrogen (secondary N) is 2. The second kappa shape index (κ2) is 9.73. The fourth-order valence-corrected chi connectivity index (χ4v) is 3.01. The smallest absolute Gasteiger partial charge is 0.191 e. The van der Waals surface area contributed by atoms with Gasteiger partial charge in [0.1, 0.15) is 17.4 Å². The molecule has 3 aromatic rings. The Bertz CT molecular complexity index is 966. The largest absolute Gasteiger partial charge is 0.497 e. The van der Waals surface area contributed by atoms with Crippen molar-refractivity contribution in [2.75, 3.05) is 20.7 Å². The first-order valence-corrected chi connectivity index (χ1v) is 9.47. The second-order valence-electron chi connectivity index (χ2n) is 6.58. The number of ether oxygens (including phenoxy) is 1. The summed E-state index contributed by atoms with van der Waals surface area (Å²) in [5, 5.41) is 6.49. The monoisotopic (exact) mass is 395 g/mol. The Morgan fingerprint density at radius 2 is 1.90 bits per heavy atom. The molecule has 1 heterocycles. The van der Waals surface area contributed by atoms with E-state index in [1.165, 1.54) is 11.6 Å². The van der Waals surface area contributed by atoms with Crippen LogP contribution < -0.4 is 15.4 Å². The van der Waals surface area contributed by atoms with Crippen LogP contribution in [-0.2, 0) is 13.0 Å². The first kappa shape index (κ1) is 20.4. The molecule has 6 nitrogen and oxygen atoms in total. The van der Waals surface area contributed by atoms with Crippen molar-refractivity contribution in [2.24, 2.45) is 4.99 Å². The molecule has 0 saturated carbocycles. The second-order valence-corrected chi connectivity index (χ2v) is 6.58. The summed E-state index contributed by atoms with van der Waals surface area (Å²) in [7, 11) is 3.37. The molecule has 3 rings (SSSR count). The van der Waals surface area contributed by atoms with E-state index in [9.17, 15) is 4.39 Å². The average molecular weight is 395 g/mol. The summed E-state index contributed by atoms with van der Waals surface area (Å²) in [6.45, 7) is 3.05. The molecular weight excluding hydrogens is 369 g/mol. The third-order valence-electron chi connectivity index (χ3n) is 4.65. The number of methoxy groups -OCH3 is 1. The molecule has 0 aliphatic rings. The molecule has 29 heavy (non-hydrogen) atoms. The number of imidazole rings is 1. The fourth-order valence-electron chi connectivity index (χ4n) is 3.01. The van der Waals surface area contributed by atoms with Crippen LogP contribution in [0.2, 0.25) is 0 Å². The van der Waals surface area contributed by atoms with E-state index in [0.717, 1.165) is 30.1 Å². The lowest BCUT2D eigenvalue weighted by molar-refractivity contribution is 0.414. The summed E-state index contributed by atoms with van der Waals surface area (Å²) in [4.78, 5) is 8.36. The first-order valence-electron chi connectivity index (χ1n) is 9.47. The number of aryl methyl sites for hydroxylation is 1. The van der Waals surface area contributed by atoms with Crippen molar-refractivity contribution in [1.29, 1.82) is 0 Å². The Balaban J connectivity index is 1.51. The molecule has 0 radical (unpaired) electrons. The van der Waals surface area contributed by atoms with Crippen molar-refractivity contribution in [2.45, 2.75) is 19.9 Å². The van der Waals surface area contributed by atoms with Gasteiger partial charge in [-0.2, -0.15) is 0 Å². The van der Waals surface area contributed by atoms with Crippen LogP contribution in [0.5, 0.6) is 5.75 Å². The molecule has 0 aliphatic heterocycles. The number of aromatic nitrogens is 2. The van der Waals surface area contributed by atoms with Crippen molar-refractivity contribution in [1.82, 2.24) is 20.2 Å². The minimum Gasteiger partial charge on any atom is -0.497 e. The highest BCUT2D eigenvalue weighted by atomic mass is 19.1. The number of hydrogen-bond acceptors (Lipinski definition) is 3. The first-order chi connectivity index (χ1) is 14.1. The van der Waals surface area contributed by atoms with Gasteiger partial charge in [-0.25, -0.2) is 9.37 Å². The van der Waals surface area contributed by atoms with Gasteiger partial charge in [-0.15, -0.1) is 0 Å². The highest BCUT2D eigenvalue weighted by Crippen LogP contribution is 2.16. The zero-order valence-electron chi connectivity index (χ0n) is 16.9. The molecule has 0 bridgehead atoms. The lowest BCUT2D eigenvalue weighted by Crippen LogP contribution is -2.37. The average Bonchev–Trinajstić information content (AvgIpc) is 3.16. The predicted molar refractivity (Wildman–Crippen MR) is 113 cm³/mol. The van der Waals surface area contributed by atoms with Crippen molar-refractivity contribution >= 4 is 5.96 Å². The van der Waals surface area contributed by atoms with Crippen molar-refractivity contribution in [3.63, 3.8) is 0 Å². The number of halogens is 1. The van der Waals surface area contributed by atoms with Gasteiger partial charge in [0.05, 0.1) is 12.8 Å². The maximum absolute atomic E-state index is 14.5. The topological polar surface area (TPSA) is 63.5 Å². The van der Waals surface area contributed by atoms with E-state index < -0.39 is 0 Å². The van der Waals surface area contributed by atoms with E-state index in [0.29, 0.717) is 18.2 Å². The molecule has 0 fully saturated rings. The number of benzene rings is 2. The van der Waals surface area contributed by atoms with Crippen LogP contribution in [0.1, 0.15) is 17.0 Å². The minimum absolute atomic E-state index is 0.284. The van der Waals surface area contributed by atoms with E-state index in [2.05, 4.69) is 20.6 Å². The van der Waals surface area contributed by atoms with Gasteiger partial charge in [0.15, 0.2) is 5.96 Å². The zero-order valence-corrected chi connectivity index (χ0v) is 16.9. The van der Waals surface area contributed by atoms with Crippen LogP contribution in [0.3, 0.4) is 0 Å². The van der Waals surface area contributed by atoms with E-state index in [4.69, 9.17) is 4.74 Å². The molecule has 0 aliphatic carbocycles. The maximum atomic E-state index is 14.5. The Kier molecular flexibility index (Phi) is 6.84. The number of guanidine groups is 1. The van der Waals surface area contributed by atoms with Gasteiger partial charge in [-0.05, 0) is 48.7 Å². The standard InChI is InChI=1S/C22H26FN5O/c1-16-25-12-13-28(16)21-9-6-18(14-20(21)23)15-27-22(24-2)26-11-10-17-4-7-19(29-3)8-5-17/h4-9,12-14H,10-11,15H2,1-3H3,(H2,24,26,27). The number of aliphatic imine (C=N–C) groups is 1. The predicted octanol–water partition coefficient (Wildman–Crippen LogP) is 3.24. The van der Waals surface area contributed by atoms with Gasteiger partial charge in [-0.3, -0.25) is 4.99 Å². The lowest BCUT2D eigenvalue weighted by atomic mass is 10.1. The molecular formula is C22H26FN5O. The molecule has 152 valence electrons. The molecule has 2 N–H and O–H groups in total. The van der Waals surface area contributed by atoms with E-state index >= 15 is 0 Å². The Morgan fingerprint density at radius 3 is 2.52 bits per heavy atom. The number of nitrogens with zero attached hydrogens (tertiary/aromatic N) is 3. The van der Waals surface area contributed by atoms with Gasteiger partial charge in [-0.1, -0.05) is 18.2 Å². The van der Waals surface area contributed by atoms with Crippen molar-refractivity contribution in [3.05, 3.63) is 77.6 Å². The Labute approximate surface area is 170 Å². The van der Waals surface area contributed by atoms with Crippen LogP contribution in [0.25, 0.3) is 5.69 Å². The highest BCUT2D eigenvalue weighted by molar-refractivity contribution is 5.79. The SMILES string of the molecule is CN=C(NCCc1ccc(OC)cc1)NCc1ccc(-n2ccnc2C)c(F)c1. The highest BCUT2D eigenvalue weighted by Gasteiger charge is 2.08. The summed E-state index contributed by atoms with van der Waals surface area (Å²) in [5.41, 5.74) is 2.54. The summed E-state index contributed by atoms with van der Waals surface area (Å²) in [5.74, 6) is 1.98. The summed E-state index contributed by atoms with van der Waals surface area (Å²) in [6.07, 6.45) is 4.27. The number of hydrogen-bond donors (Lipinski definition) is 2. The summed E-state index contributed by atoms with van der Waals surface area (Å²) in [6, 6.07) is 13.2. The molecule has 0 saturated heterocycles. The van der Waals surface area contributed by atoms with Gasteiger partial charge in [0.25, 0.3) is 0 Å². The normalized spacial score (nSPS) is 11.4. The van der Waals surface area contributed by atoms with Crippen LogP contribution in [0, 0.1) is 12.7 Å². The Hall–Kier alpha value is -3.35. The molecule has 0 unspecified atom stereocenters. The van der Waals surface area contributed by atoms with Crippen LogP contribution in [0.15, 0.2) is 59.9 Å².